The summed E-state index contributed by atoms with van der Waals surface area (Å²) >= 11 is 6.08. The van der Waals surface area contributed by atoms with E-state index < -0.39 is 5.60 Å². The summed E-state index contributed by atoms with van der Waals surface area (Å²) in [7, 11) is 0. The lowest BCUT2D eigenvalue weighted by Crippen LogP contribution is -2.36. The van der Waals surface area contributed by atoms with Gasteiger partial charge in [-0.1, -0.05) is 25.1 Å². The second-order valence-electron chi connectivity index (χ2n) is 4.80. The maximum Gasteiger partial charge on any atom is 0.199 e. The first-order chi connectivity index (χ1) is 8.53. The number of rotatable bonds is 5. The lowest BCUT2D eigenvalue weighted by atomic mass is 10.0. The molecule has 3 nitrogen and oxygen atoms in total. The Labute approximate surface area is 112 Å². The summed E-state index contributed by atoms with van der Waals surface area (Å²) in [5.74, 6) is 0. The molecule has 0 spiro atoms. The summed E-state index contributed by atoms with van der Waals surface area (Å²) < 4.78 is 5.47. The molecule has 0 saturated carbocycles. The van der Waals surface area contributed by atoms with E-state index in [0.29, 0.717) is 24.7 Å². The maximum absolute atomic E-state index is 9.92. The highest BCUT2D eigenvalue weighted by Gasteiger charge is 2.18. The fourth-order valence-electron chi connectivity index (χ4n) is 1.82. The molecule has 1 unspecified atom stereocenters. The molecular formula is C14H18ClNO2. The monoisotopic (exact) mass is 267 g/mol. The molecule has 0 radical (unpaired) electrons. The van der Waals surface area contributed by atoms with Crippen LogP contribution in [0.5, 0.6) is 0 Å². The molecule has 18 heavy (non-hydrogen) atoms. The van der Waals surface area contributed by atoms with Crippen LogP contribution in [-0.2, 0) is 6.54 Å². The third kappa shape index (κ3) is 2.86. The lowest BCUT2D eigenvalue weighted by molar-refractivity contribution is 0.0556. The summed E-state index contributed by atoms with van der Waals surface area (Å²) in [6, 6.07) is 7.76. The molecule has 1 aromatic heterocycles. The van der Waals surface area contributed by atoms with Crippen LogP contribution in [-0.4, -0.2) is 17.3 Å². The van der Waals surface area contributed by atoms with E-state index in [1.54, 1.807) is 0 Å². The first-order valence-electron chi connectivity index (χ1n) is 6.12. The van der Waals surface area contributed by atoms with E-state index in [1.807, 2.05) is 38.1 Å². The number of hydrogen-bond acceptors (Lipinski definition) is 3. The predicted octanol–water partition coefficient (Wildman–Crippen LogP) is 3.34. The van der Waals surface area contributed by atoms with Crippen molar-refractivity contribution in [3.8, 4) is 0 Å². The molecule has 0 fully saturated rings. The number of para-hydroxylation sites is 1. The molecule has 98 valence electrons. The number of benzene rings is 1. The Morgan fingerprint density at radius 3 is 2.83 bits per heavy atom. The van der Waals surface area contributed by atoms with Gasteiger partial charge >= 0.3 is 0 Å². The van der Waals surface area contributed by atoms with Gasteiger partial charge in [0.1, 0.15) is 5.58 Å². The molecule has 2 rings (SSSR count). The molecule has 2 aromatic rings. The van der Waals surface area contributed by atoms with Gasteiger partial charge in [-0.3, -0.25) is 0 Å². The van der Waals surface area contributed by atoms with Crippen molar-refractivity contribution in [2.45, 2.75) is 32.4 Å². The van der Waals surface area contributed by atoms with Crippen molar-refractivity contribution in [2.75, 3.05) is 6.54 Å². The second-order valence-corrected chi connectivity index (χ2v) is 5.15. The summed E-state index contributed by atoms with van der Waals surface area (Å²) in [5, 5.41) is 14.6. The minimum absolute atomic E-state index is 0.417. The van der Waals surface area contributed by atoms with Gasteiger partial charge in [0.15, 0.2) is 5.22 Å². The molecule has 0 amide bonds. The Bertz CT molecular complexity index is 534. The minimum atomic E-state index is -0.688. The number of hydrogen-bond donors (Lipinski definition) is 2. The van der Waals surface area contributed by atoms with Crippen LogP contribution in [0.3, 0.4) is 0 Å². The summed E-state index contributed by atoms with van der Waals surface area (Å²) in [6.45, 7) is 4.89. The quantitative estimate of drug-likeness (QED) is 0.873. The zero-order chi connectivity index (χ0) is 13.2. The average molecular weight is 268 g/mol. The van der Waals surface area contributed by atoms with Crippen LogP contribution < -0.4 is 5.32 Å². The molecule has 1 aromatic carbocycles. The van der Waals surface area contributed by atoms with Crippen molar-refractivity contribution in [1.29, 1.82) is 0 Å². The van der Waals surface area contributed by atoms with Crippen molar-refractivity contribution in [2.24, 2.45) is 0 Å². The van der Waals surface area contributed by atoms with E-state index >= 15 is 0 Å². The van der Waals surface area contributed by atoms with Gasteiger partial charge in [0.05, 0.1) is 5.60 Å². The minimum Gasteiger partial charge on any atom is -0.444 e. The van der Waals surface area contributed by atoms with E-state index in [0.717, 1.165) is 16.5 Å². The summed E-state index contributed by atoms with van der Waals surface area (Å²) in [5.41, 5.74) is 1.05. The zero-order valence-corrected chi connectivity index (χ0v) is 11.4. The van der Waals surface area contributed by atoms with E-state index in [2.05, 4.69) is 5.32 Å². The van der Waals surface area contributed by atoms with Gasteiger partial charge in [0.25, 0.3) is 0 Å². The van der Waals surface area contributed by atoms with Crippen LogP contribution in [0.15, 0.2) is 28.7 Å². The average Bonchev–Trinajstić information content (AvgIpc) is 2.66. The van der Waals surface area contributed by atoms with Crippen molar-refractivity contribution < 1.29 is 9.52 Å². The van der Waals surface area contributed by atoms with Crippen LogP contribution >= 0.6 is 11.6 Å². The predicted molar refractivity (Wildman–Crippen MR) is 73.8 cm³/mol. The van der Waals surface area contributed by atoms with E-state index in [9.17, 15) is 5.11 Å². The van der Waals surface area contributed by atoms with Crippen molar-refractivity contribution in [1.82, 2.24) is 5.32 Å². The van der Waals surface area contributed by atoms with E-state index in [1.165, 1.54) is 0 Å². The highest BCUT2D eigenvalue weighted by Crippen LogP contribution is 2.29. The topological polar surface area (TPSA) is 45.4 Å². The fraction of sp³-hybridized carbons (Fsp3) is 0.429. The van der Waals surface area contributed by atoms with Crippen LogP contribution in [0.1, 0.15) is 25.8 Å². The summed E-state index contributed by atoms with van der Waals surface area (Å²) in [6.07, 6.45) is 0.708. The first kappa shape index (κ1) is 13.4. The van der Waals surface area contributed by atoms with Gasteiger partial charge < -0.3 is 14.8 Å². The molecule has 0 aliphatic carbocycles. The highest BCUT2D eigenvalue weighted by molar-refractivity contribution is 6.30. The third-order valence-electron chi connectivity index (χ3n) is 3.22. The molecule has 1 atom stereocenters. The van der Waals surface area contributed by atoms with E-state index in [4.69, 9.17) is 16.0 Å². The Hall–Kier alpha value is -1.03. The van der Waals surface area contributed by atoms with Gasteiger partial charge in [-0.2, -0.15) is 0 Å². The number of aliphatic hydroxyl groups is 1. The maximum atomic E-state index is 9.92. The van der Waals surface area contributed by atoms with Crippen LogP contribution in [0.4, 0.5) is 0 Å². The van der Waals surface area contributed by atoms with Crippen molar-refractivity contribution in [3.63, 3.8) is 0 Å². The number of fused-ring (bicyclic) bond motifs is 1. The molecule has 0 saturated heterocycles. The molecule has 4 heteroatoms. The van der Waals surface area contributed by atoms with E-state index in [-0.39, 0.29) is 0 Å². The van der Waals surface area contributed by atoms with Crippen molar-refractivity contribution in [3.05, 3.63) is 35.0 Å². The number of nitrogens with one attached hydrogen (secondary N) is 1. The highest BCUT2D eigenvalue weighted by atomic mass is 35.5. The van der Waals surface area contributed by atoms with Gasteiger partial charge in [-0.25, -0.2) is 0 Å². The van der Waals surface area contributed by atoms with Crippen LogP contribution in [0, 0.1) is 0 Å². The molecule has 0 bridgehead atoms. The third-order valence-corrected chi connectivity index (χ3v) is 3.52. The molecule has 1 heterocycles. The molecular weight excluding hydrogens is 250 g/mol. The first-order valence-corrected chi connectivity index (χ1v) is 6.50. The summed E-state index contributed by atoms with van der Waals surface area (Å²) in [4.78, 5) is 0. The van der Waals surface area contributed by atoms with Gasteiger partial charge in [0.2, 0.25) is 0 Å². The van der Waals surface area contributed by atoms with Crippen LogP contribution in [0.2, 0.25) is 5.22 Å². The Morgan fingerprint density at radius 1 is 1.39 bits per heavy atom. The smallest absolute Gasteiger partial charge is 0.199 e. The van der Waals surface area contributed by atoms with Crippen LogP contribution in [0.25, 0.3) is 11.0 Å². The Balaban J connectivity index is 2.10. The lowest BCUT2D eigenvalue weighted by Gasteiger charge is -2.21. The number of halogens is 1. The van der Waals surface area contributed by atoms with Crippen molar-refractivity contribution >= 4 is 22.6 Å². The molecule has 2 N–H and O–H groups in total. The fourth-order valence-corrected chi connectivity index (χ4v) is 2.07. The Morgan fingerprint density at radius 2 is 2.11 bits per heavy atom. The normalized spacial score (nSPS) is 14.9. The SMILES string of the molecule is CCC(C)(O)CNCc1c(Cl)oc2ccccc12. The second kappa shape index (κ2) is 5.31. The molecule has 0 aliphatic rings. The standard InChI is InChI=1S/C14H18ClNO2/c1-3-14(2,17)9-16-8-11-10-6-4-5-7-12(10)18-13(11)15/h4-7,16-17H,3,8-9H2,1-2H3. The largest absolute Gasteiger partial charge is 0.444 e. The van der Waals surface area contributed by atoms with Gasteiger partial charge in [0, 0.05) is 24.0 Å². The van der Waals surface area contributed by atoms with Gasteiger partial charge in [-0.05, 0) is 31.0 Å². The zero-order valence-electron chi connectivity index (χ0n) is 10.7. The van der Waals surface area contributed by atoms with Gasteiger partial charge in [-0.15, -0.1) is 0 Å². The Kier molecular flexibility index (Phi) is 3.95. The number of furan rings is 1. The molecule has 0 aliphatic heterocycles.